The van der Waals surface area contributed by atoms with E-state index in [9.17, 15) is 18.0 Å². The van der Waals surface area contributed by atoms with Gasteiger partial charge in [0.1, 0.15) is 11.3 Å². The SMILES string of the molecule is CC1CCC(Oc2ccc3cc(CN(C)C45CCC(CCC(=O)O)(CC4)CC5)ccc3c2C(F)(F)F)CC1. The number of hydrogen-bond acceptors (Lipinski definition) is 3. The quantitative estimate of drug-likeness (QED) is 0.373. The zero-order chi connectivity index (χ0) is 27.1. The van der Waals surface area contributed by atoms with Crippen LogP contribution in [0.25, 0.3) is 10.8 Å². The summed E-state index contributed by atoms with van der Waals surface area (Å²) in [5, 5.41) is 9.91. The normalized spacial score (nSPS) is 29.6. The number of carboxylic acids is 1. The van der Waals surface area contributed by atoms with Crippen LogP contribution in [0, 0.1) is 11.3 Å². The molecular weight excluding hydrogens is 491 g/mol. The molecule has 1 N–H and O–H groups in total. The van der Waals surface area contributed by atoms with Gasteiger partial charge in [-0.3, -0.25) is 9.69 Å². The largest absolute Gasteiger partial charge is 0.490 e. The standard InChI is InChI=1S/C31H40F3NO3/c1-21-3-7-24(8-4-21)38-26-10-6-23-19-22(5-9-25(23)28(26)31(32,33)34)20-35(2)30-16-13-29(14-17-30,15-18-30)12-11-27(36)37/h5-6,9-10,19,21,24H,3-4,7-8,11-18,20H2,1-2H3,(H,36,37). The average Bonchev–Trinajstić information content (AvgIpc) is 2.89. The molecule has 6 rings (SSSR count). The zero-order valence-corrected chi connectivity index (χ0v) is 22.6. The second kappa shape index (κ2) is 10.4. The lowest BCUT2D eigenvalue weighted by Crippen LogP contribution is -2.55. The van der Waals surface area contributed by atoms with Crippen molar-refractivity contribution in [1.82, 2.24) is 4.90 Å². The minimum Gasteiger partial charge on any atom is -0.490 e. The maximum atomic E-state index is 14.3. The molecule has 0 heterocycles. The fraction of sp³-hybridized carbons (Fsp3) is 0.645. The summed E-state index contributed by atoms with van der Waals surface area (Å²) in [6.07, 6.45) is 6.24. The predicted molar refractivity (Wildman–Crippen MR) is 142 cm³/mol. The van der Waals surface area contributed by atoms with E-state index >= 15 is 0 Å². The summed E-state index contributed by atoms with van der Waals surface area (Å²) in [5.74, 6) is -0.165. The van der Waals surface area contributed by atoms with Crippen LogP contribution in [0.3, 0.4) is 0 Å². The van der Waals surface area contributed by atoms with E-state index in [4.69, 9.17) is 9.84 Å². The Morgan fingerprint density at radius 2 is 1.68 bits per heavy atom. The molecule has 4 nitrogen and oxygen atoms in total. The topological polar surface area (TPSA) is 49.8 Å². The van der Waals surface area contributed by atoms with Crippen LogP contribution in [0.2, 0.25) is 0 Å². The zero-order valence-electron chi connectivity index (χ0n) is 22.6. The van der Waals surface area contributed by atoms with Crippen molar-refractivity contribution in [3.8, 4) is 5.75 Å². The van der Waals surface area contributed by atoms with Gasteiger partial charge in [-0.05, 0) is 117 Å². The Morgan fingerprint density at radius 3 is 2.29 bits per heavy atom. The van der Waals surface area contributed by atoms with E-state index in [0.29, 0.717) is 17.8 Å². The molecule has 0 aromatic heterocycles. The Balaban J connectivity index is 1.32. The number of carboxylic acid groups (broad SMARTS) is 1. The van der Waals surface area contributed by atoms with E-state index in [-0.39, 0.29) is 34.6 Å². The number of nitrogens with zero attached hydrogens (tertiary/aromatic N) is 1. The van der Waals surface area contributed by atoms with Gasteiger partial charge in [-0.25, -0.2) is 0 Å². The van der Waals surface area contributed by atoms with Crippen molar-refractivity contribution < 1.29 is 27.8 Å². The first-order chi connectivity index (χ1) is 18.0. The fourth-order valence-electron chi connectivity index (χ4n) is 7.38. The first kappa shape index (κ1) is 27.3. The Labute approximate surface area is 223 Å². The molecule has 0 radical (unpaired) electrons. The molecule has 7 heteroatoms. The summed E-state index contributed by atoms with van der Waals surface area (Å²) in [6.45, 7) is 2.86. The minimum atomic E-state index is -4.49. The molecule has 2 aromatic rings. The van der Waals surface area contributed by atoms with Crippen LogP contribution in [0.4, 0.5) is 13.2 Å². The van der Waals surface area contributed by atoms with Gasteiger partial charge < -0.3 is 9.84 Å². The van der Waals surface area contributed by atoms with Crippen molar-refractivity contribution in [3.63, 3.8) is 0 Å². The highest BCUT2D eigenvalue weighted by Crippen LogP contribution is 2.56. The van der Waals surface area contributed by atoms with E-state index in [1.54, 1.807) is 12.1 Å². The van der Waals surface area contributed by atoms with Crippen LogP contribution >= 0.6 is 0 Å². The maximum Gasteiger partial charge on any atom is 0.420 e. The molecule has 4 aliphatic carbocycles. The van der Waals surface area contributed by atoms with Crippen molar-refractivity contribution in [2.24, 2.45) is 11.3 Å². The van der Waals surface area contributed by atoms with Crippen molar-refractivity contribution in [2.75, 3.05) is 7.05 Å². The molecule has 0 aliphatic heterocycles. The summed E-state index contributed by atoms with van der Waals surface area (Å²) in [7, 11) is 2.13. The van der Waals surface area contributed by atoms with Crippen LogP contribution in [0.5, 0.6) is 5.75 Å². The predicted octanol–water partition coefficient (Wildman–Crippen LogP) is 8.21. The third-order valence-electron chi connectivity index (χ3n) is 10.0. The van der Waals surface area contributed by atoms with E-state index in [2.05, 4.69) is 18.9 Å². The fourth-order valence-corrected chi connectivity index (χ4v) is 7.38. The Morgan fingerprint density at radius 1 is 1.03 bits per heavy atom. The molecular formula is C31H40F3NO3. The summed E-state index contributed by atoms with van der Waals surface area (Å²) in [4.78, 5) is 13.5. The summed E-state index contributed by atoms with van der Waals surface area (Å²) < 4.78 is 48.7. The Kier molecular flexibility index (Phi) is 7.44. The van der Waals surface area contributed by atoms with E-state index in [1.807, 2.05) is 12.1 Å². The van der Waals surface area contributed by atoms with Crippen molar-refractivity contribution in [3.05, 3.63) is 41.5 Å². The number of halogens is 3. The van der Waals surface area contributed by atoms with Gasteiger partial charge in [-0.1, -0.05) is 25.1 Å². The minimum absolute atomic E-state index is 0.0518. The number of alkyl halides is 3. The average molecular weight is 532 g/mol. The van der Waals surface area contributed by atoms with Gasteiger partial charge >= 0.3 is 12.1 Å². The number of benzene rings is 2. The van der Waals surface area contributed by atoms with Crippen molar-refractivity contribution in [2.45, 2.75) is 108 Å². The lowest BCUT2D eigenvalue weighted by molar-refractivity contribution is -0.139. The molecule has 0 atom stereocenters. The second-order valence-electron chi connectivity index (χ2n) is 12.5. The van der Waals surface area contributed by atoms with Gasteiger partial charge in [-0.2, -0.15) is 13.2 Å². The molecule has 2 bridgehead atoms. The van der Waals surface area contributed by atoms with Gasteiger partial charge in [0.15, 0.2) is 0 Å². The van der Waals surface area contributed by atoms with Crippen molar-refractivity contribution in [1.29, 1.82) is 0 Å². The smallest absolute Gasteiger partial charge is 0.420 e. The van der Waals surface area contributed by atoms with Crippen LogP contribution < -0.4 is 4.74 Å². The molecule has 4 aliphatic rings. The molecule has 0 saturated heterocycles. The number of aliphatic carboxylic acids is 1. The van der Waals surface area contributed by atoms with Crippen LogP contribution in [0.1, 0.15) is 95.1 Å². The third kappa shape index (κ3) is 5.54. The molecule has 4 saturated carbocycles. The first-order valence-electron chi connectivity index (χ1n) is 14.2. The second-order valence-corrected chi connectivity index (χ2v) is 12.5. The highest BCUT2D eigenvalue weighted by molar-refractivity contribution is 5.89. The van der Waals surface area contributed by atoms with E-state index in [1.165, 1.54) is 6.07 Å². The monoisotopic (exact) mass is 531 g/mol. The van der Waals surface area contributed by atoms with Gasteiger partial charge in [0, 0.05) is 18.5 Å². The van der Waals surface area contributed by atoms with Crippen molar-refractivity contribution >= 4 is 16.7 Å². The molecule has 0 unspecified atom stereocenters. The molecule has 2 aromatic carbocycles. The summed E-state index contributed by atoms with van der Waals surface area (Å²) >= 11 is 0. The van der Waals surface area contributed by atoms with Gasteiger partial charge in [0.2, 0.25) is 0 Å². The molecule has 4 fully saturated rings. The lowest BCUT2D eigenvalue weighted by Gasteiger charge is -2.57. The number of ether oxygens (including phenoxy) is 1. The Hall–Kier alpha value is -2.28. The molecule has 0 spiro atoms. The van der Waals surface area contributed by atoms with E-state index < -0.39 is 17.7 Å². The van der Waals surface area contributed by atoms with Gasteiger partial charge in [0.25, 0.3) is 0 Å². The highest BCUT2D eigenvalue weighted by Gasteiger charge is 2.50. The van der Waals surface area contributed by atoms with E-state index in [0.717, 1.165) is 76.2 Å². The molecule has 208 valence electrons. The van der Waals surface area contributed by atoms with Gasteiger partial charge in [0.05, 0.1) is 6.10 Å². The number of carbonyl (C=O) groups is 1. The number of hydrogen-bond donors (Lipinski definition) is 1. The number of fused-ring (bicyclic) bond motifs is 4. The maximum absolute atomic E-state index is 14.3. The number of rotatable bonds is 8. The van der Waals surface area contributed by atoms with Crippen LogP contribution in [0.15, 0.2) is 30.3 Å². The van der Waals surface area contributed by atoms with Gasteiger partial charge in [-0.15, -0.1) is 0 Å². The highest BCUT2D eigenvalue weighted by atomic mass is 19.4. The molecule has 38 heavy (non-hydrogen) atoms. The Bertz CT molecular complexity index is 1140. The summed E-state index contributed by atoms with van der Waals surface area (Å²) in [6, 6.07) is 8.62. The summed E-state index contributed by atoms with van der Waals surface area (Å²) in [5.41, 5.74) is 0.606. The third-order valence-corrected chi connectivity index (χ3v) is 10.0. The molecule has 0 amide bonds. The van der Waals surface area contributed by atoms with Crippen LogP contribution in [-0.4, -0.2) is 34.7 Å². The first-order valence-corrected chi connectivity index (χ1v) is 14.2. The lowest BCUT2D eigenvalue weighted by atomic mass is 9.55. The van der Waals surface area contributed by atoms with Crippen LogP contribution in [-0.2, 0) is 17.5 Å².